The monoisotopic (exact) mass is 332 g/mol. The Kier molecular flexibility index (Phi) is 5.90. The topological polar surface area (TPSA) is 41.1 Å². The molecule has 0 heterocycles. The van der Waals surface area contributed by atoms with E-state index >= 15 is 0 Å². The standard InChI is InChI=1S/C19H22F2N2O/c1-12(2)15-6-4-5-13(3)19(15)22-10-9-18(24)23-14-7-8-16(20)17(21)11-14/h4-8,11-12,22H,9-10H2,1-3H3,(H,23,24). The highest BCUT2D eigenvalue weighted by atomic mass is 19.2. The van der Waals surface area contributed by atoms with Gasteiger partial charge in [-0.15, -0.1) is 0 Å². The molecule has 0 unspecified atom stereocenters. The second-order valence-electron chi connectivity index (χ2n) is 6.05. The Morgan fingerprint density at radius 1 is 1.12 bits per heavy atom. The molecule has 0 spiro atoms. The van der Waals surface area contributed by atoms with Crippen LogP contribution in [0.4, 0.5) is 20.2 Å². The van der Waals surface area contributed by atoms with Crippen LogP contribution in [0.5, 0.6) is 0 Å². The van der Waals surface area contributed by atoms with Gasteiger partial charge in [0.2, 0.25) is 5.91 Å². The predicted molar refractivity (Wildman–Crippen MR) is 93.4 cm³/mol. The Morgan fingerprint density at radius 3 is 2.54 bits per heavy atom. The quantitative estimate of drug-likeness (QED) is 0.795. The van der Waals surface area contributed by atoms with Crippen molar-refractivity contribution < 1.29 is 13.6 Å². The first-order valence-corrected chi connectivity index (χ1v) is 7.96. The van der Waals surface area contributed by atoms with E-state index in [0.717, 1.165) is 23.4 Å². The lowest BCUT2D eigenvalue weighted by molar-refractivity contribution is -0.115. The number of halogens is 2. The number of carbonyl (C=O) groups is 1. The van der Waals surface area contributed by atoms with Gasteiger partial charge in [0, 0.05) is 30.4 Å². The minimum atomic E-state index is -0.979. The summed E-state index contributed by atoms with van der Waals surface area (Å²) < 4.78 is 26.0. The molecule has 0 fully saturated rings. The Bertz CT molecular complexity index is 729. The highest BCUT2D eigenvalue weighted by molar-refractivity contribution is 5.91. The number of nitrogens with one attached hydrogen (secondary N) is 2. The lowest BCUT2D eigenvalue weighted by Crippen LogP contribution is -2.17. The van der Waals surface area contributed by atoms with Crippen LogP contribution in [0.3, 0.4) is 0 Å². The van der Waals surface area contributed by atoms with Crippen molar-refractivity contribution in [3.63, 3.8) is 0 Å². The van der Waals surface area contributed by atoms with Crippen LogP contribution >= 0.6 is 0 Å². The Morgan fingerprint density at radius 2 is 1.88 bits per heavy atom. The summed E-state index contributed by atoms with van der Waals surface area (Å²) in [6, 6.07) is 9.41. The molecule has 0 atom stereocenters. The van der Waals surface area contributed by atoms with Gasteiger partial charge in [-0.25, -0.2) is 8.78 Å². The SMILES string of the molecule is Cc1cccc(C(C)C)c1NCCC(=O)Nc1ccc(F)c(F)c1. The number of hydrogen-bond donors (Lipinski definition) is 2. The van der Waals surface area contributed by atoms with Crippen molar-refractivity contribution in [1.29, 1.82) is 0 Å². The van der Waals surface area contributed by atoms with E-state index in [1.54, 1.807) is 0 Å². The van der Waals surface area contributed by atoms with Crippen molar-refractivity contribution in [2.24, 2.45) is 0 Å². The molecule has 128 valence electrons. The average molecular weight is 332 g/mol. The number of hydrogen-bond acceptors (Lipinski definition) is 2. The first-order valence-electron chi connectivity index (χ1n) is 7.96. The molecule has 5 heteroatoms. The molecule has 2 aromatic rings. The molecule has 0 aromatic heterocycles. The van der Waals surface area contributed by atoms with Gasteiger partial charge < -0.3 is 10.6 Å². The maximum atomic E-state index is 13.1. The third-order valence-electron chi connectivity index (χ3n) is 3.78. The van der Waals surface area contributed by atoms with Gasteiger partial charge >= 0.3 is 0 Å². The zero-order chi connectivity index (χ0) is 17.7. The molecule has 2 N–H and O–H groups in total. The van der Waals surface area contributed by atoms with Crippen LogP contribution in [0.25, 0.3) is 0 Å². The van der Waals surface area contributed by atoms with Crippen molar-refractivity contribution in [2.45, 2.75) is 33.1 Å². The van der Waals surface area contributed by atoms with Gasteiger partial charge in [-0.3, -0.25) is 4.79 Å². The summed E-state index contributed by atoms with van der Waals surface area (Å²) in [6.45, 7) is 6.72. The van der Waals surface area contributed by atoms with Crippen molar-refractivity contribution in [1.82, 2.24) is 0 Å². The van der Waals surface area contributed by atoms with Gasteiger partial charge in [-0.05, 0) is 36.1 Å². The van der Waals surface area contributed by atoms with Gasteiger partial charge in [0.25, 0.3) is 0 Å². The van der Waals surface area contributed by atoms with E-state index < -0.39 is 11.6 Å². The Hall–Kier alpha value is -2.43. The largest absolute Gasteiger partial charge is 0.384 e. The van der Waals surface area contributed by atoms with E-state index in [4.69, 9.17) is 0 Å². The highest BCUT2D eigenvalue weighted by Crippen LogP contribution is 2.27. The van der Waals surface area contributed by atoms with E-state index in [1.165, 1.54) is 11.6 Å². The fourth-order valence-electron chi connectivity index (χ4n) is 2.51. The third kappa shape index (κ3) is 4.54. The summed E-state index contributed by atoms with van der Waals surface area (Å²) >= 11 is 0. The summed E-state index contributed by atoms with van der Waals surface area (Å²) in [5.74, 6) is -1.79. The first kappa shape index (κ1) is 17.9. The summed E-state index contributed by atoms with van der Waals surface area (Å²) in [6.07, 6.45) is 0.227. The Labute approximate surface area is 141 Å². The van der Waals surface area contributed by atoms with Crippen LogP contribution in [0.1, 0.15) is 37.3 Å². The minimum Gasteiger partial charge on any atom is -0.384 e. The van der Waals surface area contributed by atoms with Crippen LogP contribution < -0.4 is 10.6 Å². The maximum Gasteiger partial charge on any atom is 0.226 e. The molecule has 2 aromatic carbocycles. The van der Waals surface area contributed by atoms with Crippen LogP contribution in [-0.4, -0.2) is 12.5 Å². The number of benzene rings is 2. The van der Waals surface area contributed by atoms with Gasteiger partial charge in [0.05, 0.1) is 0 Å². The molecule has 0 aliphatic heterocycles. The van der Waals surface area contributed by atoms with Crippen LogP contribution in [0.15, 0.2) is 36.4 Å². The molecule has 1 amide bonds. The van der Waals surface area contributed by atoms with Gasteiger partial charge in [0.15, 0.2) is 11.6 Å². The zero-order valence-corrected chi connectivity index (χ0v) is 14.1. The number of para-hydroxylation sites is 1. The second-order valence-corrected chi connectivity index (χ2v) is 6.05. The lowest BCUT2D eigenvalue weighted by atomic mass is 9.98. The van der Waals surface area contributed by atoms with Crippen molar-refractivity contribution in [3.8, 4) is 0 Å². The molecule has 3 nitrogen and oxygen atoms in total. The molecule has 0 saturated heterocycles. The summed E-state index contributed by atoms with van der Waals surface area (Å²) in [7, 11) is 0. The van der Waals surface area contributed by atoms with E-state index in [9.17, 15) is 13.6 Å². The molecule has 0 bridgehead atoms. The lowest BCUT2D eigenvalue weighted by Gasteiger charge is -2.17. The third-order valence-corrected chi connectivity index (χ3v) is 3.78. The fourth-order valence-corrected chi connectivity index (χ4v) is 2.51. The summed E-state index contributed by atoms with van der Waals surface area (Å²) in [4.78, 5) is 11.9. The molecule has 0 aliphatic rings. The molecule has 0 radical (unpaired) electrons. The highest BCUT2D eigenvalue weighted by Gasteiger charge is 2.10. The average Bonchev–Trinajstić information content (AvgIpc) is 2.52. The van der Waals surface area contributed by atoms with E-state index in [1.807, 2.05) is 19.1 Å². The van der Waals surface area contributed by atoms with E-state index in [0.29, 0.717) is 12.5 Å². The van der Waals surface area contributed by atoms with Crippen LogP contribution in [0.2, 0.25) is 0 Å². The normalized spacial score (nSPS) is 10.8. The van der Waals surface area contributed by atoms with E-state index in [2.05, 4.69) is 30.5 Å². The molecule has 24 heavy (non-hydrogen) atoms. The number of anilines is 2. The maximum absolute atomic E-state index is 13.1. The van der Waals surface area contributed by atoms with Gasteiger partial charge in [-0.2, -0.15) is 0 Å². The number of aryl methyl sites for hydroxylation is 1. The van der Waals surface area contributed by atoms with Crippen molar-refractivity contribution in [2.75, 3.05) is 17.2 Å². The molecule has 0 aliphatic carbocycles. The number of amides is 1. The van der Waals surface area contributed by atoms with Crippen molar-refractivity contribution >= 4 is 17.3 Å². The zero-order valence-electron chi connectivity index (χ0n) is 14.1. The summed E-state index contributed by atoms with van der Waals surface area (Å²) in [5.41, 5.74) is 3.63. The molecule has 2 rings (SSSR count). The predicted octanol–water partition coefficient (Wildman–Crippen LogP) is 4.84. The fraction of sp³-hybridized carbons (Fsp3) is 0.316. The van der Waals surface area contributed by atoms with Gasteiger partial charge in [-0.1, -0.05) is 32.0 Å². The second kappa shape index (κ2) is 7.90. The number of rotatable bonds is 6. The number of carbonyl (C=O) groups excluding carboxylic acids is 1. The van der Waals surface area contributed by atoms with Crippen molar-refractivity contribution in [3.05, 3.63) is 59.2 Å². The molecule has 0 saturated carbocycles. The smallest absolute Gasteiger partial charge is 0.226 e. The Balaban J connectivity index is 1.92. The molecular formula is C19H22F2N2O. The minimum absolute atomic E-state index is 0.227. The van der Waals surface area contributed by atoms with Gasteiger partial charge in [0.1, 0.15) is 0 Å². The summed E-state index contributed by atoms with van der Waals surface area (Å²) in [5, 5.41) is 5.87. The van der Waals surface area contributed by atoms with Crippen LogP contribution in [0, 0.1) is 18.6 Å². The van der Waals surface area contributed by atoms with E-state index in [-0.39, 0.29) is 18.0 Å². The van der Waals surface area contributed by atoms with Crippen LogP contribution in [-0.2, 0) is 4.79 Å². The first-order chi connectivity index (χ1) is 11.4. The molecular weight excluding hydrogens is 310 g/mol.